The Hall–Kier alpha value is -3.59. The summed E-state index contributed by atoms with van der Waals surface area (Å²) in [5.74, 6) is -2.81. The van der Waals surface area contributed by atoms with Crippen LogP contribution in [-0.4, -0.2) is 58.7 Å². The molecule has 1 unspecified atom stereocenters. The Morgan fingerprint density at radius 3 is 2.56 bits per heavy atom. The smallest absolute Gasteiger partial charge is 0.295 e. The molecular formula is C23H24FN3O5. The summed E-state index contributed by atoms with van der Waals surface area (Å²) in [6.07, 6.45) is 0.546. The van der Waals surface area contributed by atoms with Crippen LogP contribution in [0.4, 0.5) is 10.1 Å². The number of carbonyl (C=O) groups excluding carboxylic acids is 2. The summed E-state index contributed by atoms with van der Waals surface area (Å²) in [5, 5.41) is 22.2. The summed E-state index contributed by atoms with van der Waals surface area (Å²) in [6, 6.07) is 8.58. The molecule has 9 heteroatoms. The molecule has 1 aliphatic rings. The number of ketones is 1. The average molecular weight is 441 g/mol. The number of aliphatic hydroxyl groups is 1. The number of non-ortho nitro benzene ring substituents is 1. The molecule has 0 saturated carbocycles. The van der Waals surface area contributed by atoms with Gasteiger partial charge in [-0.1, -0.05) is 24.3 Å². The number of aliphatic hydroxyl groups excluding tert-OH is 1. The van der Waals surface area contributed by atoms with Crippen LogP contribution in [-0.2, 0) is 9.59 Å². The fourth-order valence-electron chi connectivity index (χ4n) is 3.72. The Balaban J connectivity index is 2.15. The highest BCUT2D eigenvalue weighted by molar-refractivity contribution is 6.46. The molecule has 1 fully saturated rings. The molecule has 1 amide bonds. The van der Waals surface area contributed by atoms with E-state index in [1.54, 1.807) is 13.0 Å². The van der Waals surface area contributed by atoms with E-state index in [1.807, 2.05) is 19.0 Å². The van der Waals surface area contributed by atoms with Crippen molar-refractivity contribution in [2.24, 2.45) is 0 Å². The van der Waals surface area contributed by atoms with Crippen molar-refractivity contribution >= 4 is 23.1 Å². The van der Waals surface area contributed by atoms with E-state index in [-0.39, 0.29) is 23.4 Å². The minimum Gasteiger partial charge on any atom is -0.507 e. The molecule has 0 radical (unpaired) electrons. The van der Waals surface area contributed by atoms with E-state index in [4.69, 9.17) is 0 Å². The molecule has 2 aromatic carbocycles. The first-order valence-corrected chi connectivity index (χ1v) is 10.1. The molecule has 0 aromatic heterocycles. The van der Waals surface area contributed by atoms with Crippen LogP contribution in [0, 0.1) is 22.9 Å². The maximum atomic E-state index is 14.1. The van der Waals surface area contributed by atoms with Gasteiger partial charge in [-0.05, 0) is 51.2 Å². The Morgan fingerprint density at radius 2 is 1.94 bits per heavy atom. The monoisotopic (exact) mass is 441 g/mol. The zero-order valence-electron chi connectivity index (χ0n) is 18.0. The first-order valence-electron chi connectivity index (χ1n) is 10.1. The molecule has 3 rings (SSSR count). The van der Waals surface area contributed by atoms with Gasteiger partial charge in [-0.2, -0.15) is 0 Å². The van der Waals surface area contributed by atoms with E-state index >= 15 is 0 Å². The van der Waals surface area contributed by atoms with Crippen molar-refractivity contribution in [2.45, 2.75) is 19.4 Å². The number of hydrogen-bond donors (Lipinski definition) is 1. The molecule has 2 aromatic rings. The second-order valence-corrected chi connectivity index (χ2v) is 7.97. The number of amides is 1. The zero-order chi connectivity index (χ0) is 23.6. The normalized spacial score (nSPS) is 17.9. The lowest BCUT2D eigenvalue weighted by Crippen LogP contribution is -2.32. The van der Waals surface area contributed by atoms with Gasteiger partial charge in [-0.3, -0.25) is 19.7 Å². The highest BCUT2D eigenvalue weighted by Crippen LogP contribution is 2.40. The number of aryl methyl sites for hydroxylation is 1. The number of halogens is 1. The number of carbonyl (C=O) groups is 2. The summed E-state index contributed by atoms with van der Waals surface area (Å²) < 4.78 is 14.1. The summed E-state index contributed by atoms with van der Waals surface area (Å²) in [7, 11) is 3.75. The Bertz CT molecular complexity index is 1110. The van der Waals surface area contributed by atoms with E-state index < -0.39 is 34.2 Å². The SMILES string of the molecule is Cc1ccc(/C(O)=C2\C(=O)C(=O)N(CCCN(C)C)C2c2cccc([N+](=O)[O-])c2)cc1F. The molecule has 1 atom stereocenters. The van der Waals surface area contributed by atoms with Crippen molar-refractivity contribution in [1.29, 1.82) is 0 Å². The molecule has 32 heavy (non-hydrogen) atoms. The number of hydrogen-bond acceptors (Lipinski definition) is 6. The number of nitro groups is 1. The van der Waals surface area contributed by atoms with Crippen molar-refractivity contribution in [3.05, 3.63) is 80.7 Å². The molecule has 1 saturated heterocycles. The quantitative estimate of drug-likeness (QED) is 0.232. The van der Waals surface area contributed by atoms with Crippen LogP contribution < -0.4 is 0 Å². The first kappa shape index (κ1) is 23.1. The van der Waals surface area contributed by atoms with Gasteiger partial charge in [0.2, 0.25) is 0 Å². The van der Waals surface area contributed by atoms with Crippen LogP contribution in [0.15, 0.2) is 48.0 Å². The third-order valence-corrected chi connectivity index (χ3v) is 5.39. The van der Waals surface area contributed by atoms with Crippen molar-refractivity contribution in [3.63, 3.8) is 0 Å². The fourth-order valence-corrected chi connectivity index (χ4v) is 3.72. The average Bonchev–Trinajstić information content (AvgIpc) is 3.00. The number of rotatable bonds is 7. The molecule has 0 bridgehead atoms. The van der Waals surface area contributed by atoms with E-state index in [1.165, 1.54) is 35.2 Å². The first-order chi connectivity index (χ1) is 15.1. The topological polar surface area (TPSA) is 104 Å². The van der Waals surface area contributed by atoms with Gasteiger partial charge in [0.05, 0.1) is 16.5 Å². The lowest BCUT2D eigenvalue weighted by atomic mass is 9.94. The summed E-state index contributed by atoms with van der Waals surface area (Å²) in [4.78, 5) is 39.7. The van der Waals surface area contributed by atoms with E-state index in [2.05, 4.69) is 0 Å². The van der Waals surface area contributed by atoms with E-state index in [9.17, 15) is 29.2 Å². The van der Waals surface area contributed by atoms with Crippen LogP contribution in [0.3, 0.4) is 0 Å². The number of benzene rings is 2. The lowest BCUT2D eigenvalue weighted by Gasteiger charge is -2.25. The number of Topliss-reactive ketones (excluding diaryl/α,β-unsaturated/α-hetero) is 1. The lowest BCUT2D eigenvalue weighted by molar-refractivity contribution is -0.384. The maximum absolute atomic E-state index is 14.1. The number of likely N-dealkylation sites (tertiary alicyclic amines) is 1. The third-order valence-electron chi connectivity index (χ3n) is 5.39. The van der Waals surface area contributed by atoms with Crippen molar-refractivity contribution in [3.8, 4) is 0 Å². The molecule has 168 valence electrons. The van der Waals surface area contributed by atoms with Crippen LogP contribution in [0.1, 0.15) is 29.2 Å². The molecular weight excluding hydrogens is 417 g/mol. The molecule has 1 aliphatic heterocycles. The predicted octanol–water partition coefficient (Wildman–Crippen LogP) is 3.42. The fraction of sp³-hybridized carbons (Fsp3) is 0.304. The number of nitrogens with zero attached hydrogens (tertiary/aromatic N) is 3. The van der Waals surface area contributed by atoms with Crippen LogP contribution in [0.5, 0.6) is 0 Å². The van der Waals surface area contributed by atoms with Gasteiger partial charge < -0.3 is 14.9 Å². The largest absolute Gasteiger partial charge is 0.507 e. The van der Waals surface area contributed by atoms with Crippen molar-refractivity contribution in [2.75, 3.05) is 27.2 Å². The molecule has 1 N–H and O–H groups in total. The van der Waals surface area contributed by atoms with Gasteiger partial charge in [0.25, 0.3) is 17.4 Å². The van der Waals surface area contributed by atoms with E-state index in [0.717, 1.165) is 6.07 Å². The highest BCUT2D eigenvalue weighted by atomic mass is 19.1. The van der Waals surface area contributed by atoms with Crippen molar-refractivity contribution in [1.82, 2.24) is 9.80 Å². The second kappa shape index (κ2) is 9.27. The van der Waals surface area contributed by atoms with Gasteiger partial charge in [0.1, 0.15) is 11.6 Å². The summed E-state index contributed by atoms with van der Waals surface area (Å²) in [5.41, 5.74) is 0.305. The molecule has 0 aliphatic carbocycles. The van der Waals surface area contributed by atoms with Gasteiger partial charge in [-0.25, -0.2) is 4.39 Å². The number of nitro benzene ring substituents is 1. The third kappa shape index (κ3) is 4.52. The van der Waals surface area contributed by atoms with Crippen LogP contribution in [0.25, 0.3) is 5.76 Å². The summed E-state index contributed by atoms with van der Waals surface area (Å²) >= 11 is 0. The molecule has 0 spiro atoms. The molecule has 8 nitrogen and oxygen atoms in total. The van der Waals surface area contributed by atoms with Gasteiger partial charge in [0.15, 0.2) is 0 Å². The minimum atomic E-state index is -1.03. The standard InChI is InChI=1S/C23H24FN3O5/c1-14-8-9-16(13-18(14)24)21(28)19-20(15-6-4-7-17(12-15)27(31)32)26(23(30)22(19)29)11-5-10-25(2)3/h4,6-9,12-13,20,28H,5,10-11H2,1-3H3/b21-19+. The maximum Gasteiger partial charge on any atom is 0.295 e. The van der Waals surface area contributed by atoms with Gasteiger partial charge in [-0.15, -0.1) is 0 Å². The van der Waals surface area contributed by atoms with E-state index in [0.29, 0.717) is 24.1 Å². The van der Waals surface area contributed by atoms with Crippen LogP contribution >= 0.6 is 0 Å². The zero-order valence-corrected chi connectivity index (χ0v) is 18.0. The van der Waals surface area contributed by atoms with Gasteiger partial charge in [0, 0.05) is 24.2 Å². The van der Waals surface area contributed by atoms with Gasteiger partial charge >= 0.3 is 0 Å². The van der Waals surface area contributed by atoms with Crippen LogP contribution in [0.2, 0.25) is 0 Å². The summed E-state index contributed by atoms with van der Waals surface area (Å²) in [6.45, 7) is 2.41. The Labute approximate surface area is 184 Å². The molecule has 1 heterocycles. The minimum absolute atomic E-state index is 0.0508. The van der Waals surface area contributed by atoms with Crippen molar-refractivity contribution < 1.29 is 24.0 Å². The Kier molecular flexibility index (Phi) is 6.69. The highest BCUT2D eigenvalue weighted by Gasteiger charge is 2.46. The second-order valence-electron chi connectivity index (χ2n) is 7.97. The predicted molar refractivity (Wildman–Crippen MR) is 116 cm³/mol. The Morgan fingerprint density at radius 1 is 1.22 bits per heavy atom.